The number of aromatic nitrogens is 1. The molecule has 2 fully saturated rings. The molecular formula is C19H21F6N3O3S2. The fourth-order valence-corrected chi connectivity index (χ4v) is 6.75. The van der Waals surface area contributed by atoms with E-state index < -0.39 is 38.8 Å². The number of nitrogens with zero attached hydrogens (tertiary/aromatic N) is 3. The van der Waals surface area contributed by atoms with Crippen LogP contribution in [0.25, 0.3) is 0 Å². The van der Waals surface area contributed by atoms with Crippen LogP contribution in [0.4, 0.5) is 32.4 Å². The van der Waals surface area contributed by atoms with Crippen LogP contribution in [0.15, 0.2) is 22.8 Å². The minimum atomic E-state index is -4.67. The Hall–Kier alpha value is -1.80. The van der Waals surface area contributed by atoms with Crippen LogP contribution in [0.1, 0.15) is 34.3 Å². The topological polar surface area (TPSA) is 66.7 Å². The number of hydrogen-bond donors (Lipinski definition) is 0. The second-order valence-electron chi connectivity index (χ2n) is 8.26. The first-order chi connectivity index (χ1) is 15.3. The predicted octanol–water partition coefficient (Wildman–Crippen LogP) is 4.46. The SMILES string of the molecule is O=S1(=O)CCC(CN2CCN(c3nc(C(F)(F)F)co3)CC2c2ccc(C(F)(F)F)s2)CC1. The molecule has 0 spiro atoms. The lowest BCUT2D eigenvalue weighted by atomic mass is 10.00. The van der Waals surface area contributed by atoms with Gasteiger partial charge in [0.2, 0.25) is 0 Å². The summed E-state index contributed by atoms with van der Waals surface area (Å²) >= 11 is 0.598. The van der Waals surface area contributed by atoms with Crippen LogP contribution in [0, 0.1) is 5.92 Å². The molecule has 14 heteroatoms. The first kappa shape index (κ1) is 24.3. The average Bonchev–Trinajstić information content (AvgIpc) is 3.39. The zero-order valence-electron chi connectivity index (χ0n) is 17.2. The van der Waals surface area contributed by atoms with Gasteiger partial charge in [-0.05, 0) is 30.9 Å². The average molecular weight is 518 g/mol. The summed E-state index contributed by atoms with van der Waals surface area (Å²) in [5.74, 6) is 0.231. The summed E-state index contributed by atoms with van der Waals surface area (Å²) in [6, 6.07) is 1.62. The molecule has 2 aliphatic rings. The van der Waals surface area contributed by atoms with Crippen molar-refractivity contribution in [2.75, 3.05) is 42.6 Å². The van der Waals surface area contributed by atoms with Crippen LogP contribution in [0.3, 0.4) is 0 Å². The first-order valence-corrected chi connectivity index (χ1v) is 12.8. The molecule has 0 saturated carbocycles. The van der Waals surface area contributed by atoms with Gasteiger partial charge in [-0.15, -0.1) is 11.3 Å². The summed E-state index contributed by atoms with van der Waals surface area (Å²) in [7, 11) is -3.05. The Kier molecular flexibility index (Phi) is 6.46. The van der Waals surface area contributed by atoms with Crippen molar-refractivity contribution in [3.05, 3.63) is 33.8 Å². The second kappa shape index (κ2) is 8.77. The van der Waals surface area contributed by atoms with Gasteiger partial charge in [0.15, 0.2) is 5.69 Å². The summed E-state index contributed by atoms with van der Waals surface area (Å²) in [5, 5.41) is 0. The summed E-state index contributed by atoms with van der Waals surface area (Å²) in [5.41, 5.74) is -1.17. The number of alkyl halides is 6. The number of thiophene rings is 1. The summed E-state index contributed by atoms with van der Waals surface area (Å²) in [6.07, 6.45) is -7.69. The molecule has 2 aliphatic heterocycles. The molecular weight excluding hydrogens is 496 g/mol. The maximum absolute atomic E-state index is 13.2. The van der Waals surface area contributed by atoms with Gasteiger partial charge in [0.05, 0.1) is 17.5 Å². The van der Waals surface area contributed by atoms with Crippen LogP contribution in [-0.4, -0.2) is 56.0 Å². The van der Waals surface area contributed by atoms with Gasteiger partial charge in [-0.1, -0.05) is 0 Å². The molecule has 4 heterocycles. The van der Waals surface area contributed by atoms with Gasteiger partial charge in [0, 0.05) is 31.1 Å². The van der Waals surface area contributed by atoms with Gasteiger partial charge >= 0.3 is 12.4 Å². The third-order valence-electron chi connectivity index (χ3n) is 5.95. The smallest absolute Gasteiger partial charge is 0.431 e. The molecule has 2 aromatic rings. The second-order valence-corrected chi connectivity index (χ2v) is 11.7. The number of hydrogen-bond acceptors (Lipinski definition) is 7. The molecule has 0 bridgehead atoms. The zero-order chi connectivity index (χ0) is 24.0. The van der Waals surface area contributed by atoms with Gasteiger partial charge in [0.1, 0.15) is 21.0 Å². The van der Waals surface area contributed by atoms with Crippen LogP contribution in [-0.2, 0) is 22.2 Å². The van der Waals surface area contributed by atoms with Gasteiger partial charge in [-0.25, -0.2) is 8.42 Å². The Morgan fingerprint density at radius 3 is 2.33 bits per heavy atom. The fourth-order valence-electron chi connectivity index (χ4n) is 4.16. The monoisotopic (exact) mass is 517 g/mol. The van der Waals surface area contributed by atoms with Crippen LogP contribution < -0.4 is 4.90 Å². The number of anilines is 1. The Labute approximate surface area is 190 Å². The normalized spacial score (nSPS) is 23.2. The molecule has 1 atom stereocenters. The molecule has 2 saturated heterocycles. The lowest BCUT2D eigenvalue weighted by Crippen LogP contribution is -2.50. The summed E-state index contributed by atoms with van der Waals surface area (Å²) < 4.78 is 107. The van der Waals surface area contributed by atoms with Gasteiger partial charge in [-0.2, -0.15) is 31.3 Å². The predicted molar refractivity (Wildman–Crippen MR) is 109 cm³/mol. The number of piperazine rings is 1. The van der Waals surface area contributed by atoms with Crippen molar-refractivity contribution in [2.24, 2.45) is 5.92 Å². The largest absolute Gasteiger partial charge is 0.436 e. The molecule has 0 N–H and O–H groups in total. The minimum absolute atomic E-state index is 0.0724. The fraction of sp³-hybridized carbons (Fsp3) is 0.632. The van der Waals surface area contributed by atoms with Crippen molar-refractivity contribution in [1.82, 2.24) is 9.88 Å². The van der Waals surface area contributed by atoms with E-state index in [0.717, 1.165) is 6.07 Å². The van der Waals surface area contributed by atoms with E-state index in [-0.39, 0.29) is 36.5 Å². The van der Waals surface area contributed by atoms with Crippen molar-refractivity contribution < 1.29 is 39.2 Å². The molecule has 0 aromatic carbocycles. The Morgan fingerprint density at radius 2 is 1.76 bits per heavy atom. The van der Waals surface area contributed by atoms with Gasteiger partial charge in [-0.3, -0.25) is 4.90 Å². The van der Waals surface area contributed by atoms with E-state index in [1.165, 1.54) is 11.0 Å². The third-order valence-corrected chi connectivity index (χ3v) is 8.89. The highest BCUT2D eigenvalue weighted by molar-refractivity contribution is 7.91. The standard InChI is InChI=1S/C19H21F6N3O3S2/c20-18(21,22)15-11-31-17(26-15)28-6-5-27(9-12-3-7-33(29,30)8-4-12)13(10-28)14-1-2-16(32-14)19(23,24)25/h1-2,11-13H,3-10H2. The highest BCUT2D eigenvalue weighted by Crippen LogP contribution is 2.40. The van der Waals surface area contributed by atoms with Crippen molar-refractivity contribution in [2.45, 2.75) is 31.2 Å². The minimum Gasteiger partial charge on any atom is -0.431 e. The third kappa shape index (κ3) is 5.65. The van der Waals surface area contributed by atoms with Crippen LogP contribution in [0.2, 0.25) is 0 Å². The molecule has 0 radical (unpaired) electrons. The molecule has 0 amide bonds. The Morgan fingerprint density at radius 1 is 1.06 bits per heavy atom. The zero-order valence-corrected chi connectivity index (χ0v) is 18.8. The lowest BCUT2D eigenvalue weighted by molar-refractivity contribution is -0.141. The number of sulfone groups is 1. The highest BCUT2D eigenvalue weighted by atomic mass is 32.2. The van der Waals surface area contributed by atoms with E-state index >= 15 is 0 Å². The van der Waals surface area contributed by atoms with Crippen molar-refractivity contribution in [1.29, 1.82) is 0 Å². The van der Waals surface area contributed by atoms with Gasteiger partial charge < -0.3 is 9.32 Å². The molecule has 6 nitrogen and oxygen atoms in total. The van der Waals surface area contributed by atoms with E-state index in [1.54, 1.807) is 0 Å². The highest BCUT2D eigenvalue weighted by Gasteiger charge is 2.39. The van der Waals surface area contributed by atoms with Gasteiger partial charge in [0.25, 0.3) is 6.01 Å². The van der Waals surface area contributed by atoms with Crippen molar-refractivity contribution >= 4 is 27.2 Å². The molecule has 1 unspecified atom stereocenters. The van der Waals surface area contributed by atoms with E-state index in [1.807, 2.05) is 4.90 Å². The first-order valence-electron chi connectivity index (χ1n) is 10.2. The summed E-state index contributed by atoms with van der Waals surface area (Å²) in [4.78, 5) is 6.66. The van der Waals surface area contributed by atoms with E-state index in [2.05, 4.69) is 4.98 Å². The molecule has 0 aliphatic carbocycles. The molecule has 4 rings (SSSR count). The quantitative estimate of drug-likeness (QED) is 0.558. The van der Waals surface area contributed by atoms with E-state index in [4.69, 9.17) is 4.42 Å². The van der Waals surface area contributed by atoms with E-state index in [9.17, 15) is 34.8 Å². The Bertz CT molecular complexity index is 1070. The maximum atomic E-state index is 13.2. The van der Waals surface area contributed by atoms with Crippen LogP contribution in [0.5, 0.6) is 0 Å². The number of rotatable bonds is 4. The number of oxazole rings is 1. The summed E-state index contributed by atoms with van der Waals surface area (Å²) in [6.45, 7) is 1.22. The van der Waals surface area contributed by atoms with Crippen molar-refractivity contribution in [3.8, 4) is 0 Å². The Balaban J connectivity index is 1.55. The van der Waals surface area contributed by atoms with Crippen molar-refractivity contribution in [3.63, 3.8) is 0 Å². The molecule has 184 valence electrons. The maximum Gasteiger partial charge on any atom is 0.436 e. The van der Waals surface area contributed by atoms with E-state index in [0.29, 0.717) is 48.4 Å². The number of halogens is 6. The molecule has 33 heavy (non-hydrogen) atoms. The lowest BCUT2D eigenvalue weighted by Gasteiger charge is -2.42. The molecule has 2 aromatic heterocycles. The van der Waals surface area contributed by atoms with Crippen LogP contribution >= 0.6 is 11.3 Å².